The van der Waals surface area contributed by atoms with Crippen LogP contribution in [0.2, 0.25) is 0 Å². The van der Waals surface area contributed by atoms with Gasteiger partial charge >= 0.3 is 0 Å². The predicted molar refractivity (Wildman–Crippen MR) is 90.6 cm³/mol. The Kier molecular flexibility index (Phi) is 5.61. The third-order valence-electron chi connectivity index (χ3n) is 4.04. The molecule has 1 aliphatic heterocycles. The van der Waals surface area contributed by atoms with Crippen molar-refractivity contribution in [3.63, 3.8) is 0 Å². The minimum atomic E-state index is -3.56. The lowest BCUT2D eigenvalue weighted by atomic mass is 9.95. The first-order valence-electron chi connectivity index (χ1n) is 7.85. The number of likely N-dealkylation sites (N-methyl/N-ethyl adjacent to an activating group) is 1. The molecule has 0 aliphatic carbocycles. The van der Waals surface area contributed by atoms with Gasteiger partial charge in [0.1, 0.15) is 12.1 Å². The second-order valence-electron chi connectivity index (χ2n) is 5.92. The van der Waals surface area contributed by atoms with Gasteiger partial charge in [-0.05, 0) is 31.4 Å². The van der Waals surface area contributed by atoms with Crippen molar-refractivity contribution in [2.24, 2.45) is 0 Å². The van der Waals surface area contributed by atoms with E-state index in [0.717, 1.165) is 17.4 Å². The smallest absolute Gasteiger partial charge is 0.242 e. The number of hydrogen-bond donors (Lipinski definition) is 2. The molecular weight excluding hydrogens is 330 g/mol. The fourth-order valence-electron chi connectivity index (χ4n) is 2.77. The zero-order valence-corrected chi connectivity index (χ0v) is 14.9. The molecule has 0 spiro atoms. The molecule has 24 heavy (non-hydrogen) atoms. The number of rotatable bonds is 5. The zero-order valence-electron chi connectivity index (χ0n) is 14.1. The molecule has 0 bridgehead atoms. The van der Waals surface area contributed by atoms with Gasteiger partial charge in [0.2, 0.25) is 21.8 Å². The lowest BCUT2D eigenvalue weighted by molar-refractivity contribution is -0.130. The van der Waals surface area contributed by atoms with Gasteiger partial charge in [0.25, 0.3) is 0 Å². The van der Waals surface area contributed by atoms with Crippen molar-refractivity contribution >= 4 is 21.8 Å². The lowest BCUT2D eigenvalue weighted by Gasteiger charge is -2.34. The fraction of sp³-hybridized carbons (Fsp3) is 0.500. The van der Waals surface area contributed by atoms with Crippen molar-refractivity contribution in [3.05, 3.63) is 35.4 Å². The molecule has 2 N–H and O–H groups in total. The number of hydrogen-bond acceptors (Lipinski definition) is 4. The van der Waals surface area contributed by atoms with Gasteiger partial charge in [-0.1, -0.05) is 24.3 Å². The Hall–Kier alpha value is -1.93. The number of benzene rings is 1. The van der Waals surface area contributed by atoms with Crippen LogP contribution >= 0.6 is 0 Å². The van der Waals surface area contributed by atoms with Crippen LogP contribution in [0.5, 0.6) is 0 Å². The summed E-state index contributed by atoms with van der Waals surface area (Å²) in [6.45, 7) is 3.98. The summed E-state index contributed by atoms with van der Waals surface area (Å²) in [5, 5.41) is 5.24. The Balaban J connectivity index is 2.22. The number of fused-ring (bicyclic) bond motifs is 1. The molecule has 0 fully saturated rings. The first kappa shape index (κ1) is 18.4. The van der Waals surface area contributed by atoms with Crippen LogP contribution in [0.3, 0.4) is 0 Å². The highest BCUT2D eigenvalue weighted by Gasteiger charge is 2.37. The van der Waals surface area contributed by atoms with Crippen molar-refractivity contribution in [1.82, 2.24) is 14.9 Å². The van der Waals surface area contributed by atoms with E-state index in [9.17, 15) is 18.0 Å². The minimum absolute atomic E-state index is 0.155. The number of amides is 2. The van der Waals surface area contributed by atoms with Crippen molar-refractivity contribution in [2.75, 3.05) is 12.8 Å². The average molecular weight is 353 g/mol. The number of nitrogens with one attached hydrogen (secondary N) is 2. The molecule has 1 heterocycles. The second kappa shape index (κ2) is 7.31. The van der Waals surface area contributed by atoms with E-state index in [-0.39, 0.29) is 18.9 Å². The topological polar surface area (TPSA) is 95.6 Å². The van der Waals surface area contributed by atoms with Crippen molar-refractivity contribution in [2.45, 2.75) is 38.9 Å². The minimum Gasteiger partial charge on any atom is -0.355 e. The van der Waals surface area contributed by atoms with E-state index in [2.05, 4.69) is 10.6 Å². The van der Waals surface area contributed by atoms with Gasteiger partial charge in [-0.15, -0.1) is 0 Å². The van der Waals surface area contributed by atoms with E-state index in [0.29, 0.717) is 6.54 Å². The molecule has 132 valence electrons. The van der Waals surface area contributed by atoms with Crippen LogP contribution in [0, 0.1) is 0 Å². The summed E-state index contributed by atoms with van der Waals surface area (Å²) in [5.41, 5.74) is 1.84. The maximum absolute atomic E-state index is 12.6. The Morgan fingerprint density at radius 1 is 1.29 bits per heavy atom. The monoisotopic (exact) mass is 353 g/mol. The van der Waals surface area contributed by atoms with E-state index in [1.165, 1.54) is 4.31 Å². The molecule has 1 aliphatic rings. The molecular formula is C16H23N3O4S. The summed E-state index contributed by atoms with van der Waals surface area (Å²) < 4.78 is 25.4. The molecule has 7 nitrogen and oxygen atoms in total. The van der Waals surface area contributed by atoms with Crippen LogP contribution in [0.1, 0.15) is 25.0 Å². The number of carbonyl (C=O) groups excluding carboxylic acids is 2. The molecule has 2 rings (SSSR count). The van der Waals surface area contributed by atoms with Crippen LogP contribution in [0.25, 0.3) is 0 Å². The third kappa shape index (κ3) is 4.12. The third-order valence-corrected chi connectivity index (χ3v) is 5.27. The predicted octanol–water partition coefficient (Wildman–Crippen LogP) is 0.0137. The van der Waals surface area contributed by atoms with Crippen molar-refractivity contribution < 1.29 is 18.0 Å². The molecule has 0 saturated carbocycles. The Bertz CT molecular complexity index is 733. The molecule has 1 aromatic carbocycles. The van der Waals surface area contributed by atoms with E-state index >= 15 is 0 Å². The molecule has 8 heteroatoms. The highest BCUT2D eigenvalue weighted by atomic mass is 32.2. The molecule has 0 unspecified atom stereocenters. The van der Waals surface area contributed by atoms with E-state index in [4.69, 9.17) is 0 Å². The summed E-state index contributed by atoms with van der Waals surface area (Å²) in [6, 6.07) is 5.88. The van der Waals surface area contributed by atoms with Crippen LogP contribution in [0.15, 0.2) is 24.3 Å². The van der Waals surface area contributed by atoms with Crippen LogP contribution in [0.4, 0.5) is 0 Å². The van der Waals surface area contributed by atoms with Gasteiger partial charge in [0.15, 0.2) is 0 Å². The summed E-state index contributed by atoms with van der Waals surface area (Å²) >= 11 is 0. The summed E-state index contributed by atoms with van der Waals surface area (Å²) in [4.78, 5) is 24.4. The zero-order chi connectivity index (χ0) is 17.9. The second-order valence-corrected chi connectivity index (χ2v) is 7.86. The highest BCUT2D eigenvalue weighted by molar-refractivity contribution is 7.88. The molecule has 2 amide bonds. The van der Waals surface area contributed by atoms with Gasteiger partial charge in [-0.3, -0.25) is 9.59 Å². The van der Waals surface area contributed by atoms with Crippen LogP contribution in [-0.2, 0) is 32.6 Å². The number of carbonyl (C=O) groups is 2. The van der Waals surface area contributed by atoms with E-state index in [1.54, 1.807) is 13.8 Å². The van der Waals surface area contributed by atoms with Gasteiger partial charge in [-0.25, -0.2) is 8.42 Å². The normalized spacial score (nSPS) is 19.2. The van der Waals surface area contributed by atoms with Gasteiger partial charge < -0.3 is 10.6 Å². The molecule has 0 radical (unpaired) electrons. The Morgan fingerprint density at radius 3 is 2.50 bits per heavy atom. The number of sulfonamides is 1. The van der Waals surface area contributed by atoms with E-state index in [1.807, 2.05) is 24.3 Å². The maximum atomic E-state index is 12.6. The lowest BCUT2D eigenvalue weighted by Crippen LogP contribution is -2.55. The highest BCUT2D eigenvalue weighted by Crippen LogP contribution is 2.25. The summed E-state index contributed by atoms with van der Waals surface area (Å²) in [6.07, 6.45) is 1.38. The van der Waals surface area contributed by atoms with Gasteiger partial charge in [0.05, 0.1) is 6.26 Å². The maximum Gasteiger partial charge on any atom is 0.242 e. The number of nitrogens with zero attached hydrogens (tertiary/aromatic N) is 1. The Labute approximate surface area is 142 Å². The summed E-state index contributed by atoms with van der Waals surface area (Å²) in [5.74, 6) is -0.762. The van der Waals surface area contributed by atoms with Crippen molar-refractivity contribution in [1.29, 1.82) is 0 Å². The van der Waals surface area contributed by atoms with Crippen LogP contribution in [-0.4, -0.2) is 49.4 Å². The van der Waals surface area contributed by atoms with Crippen molar-refractivity contribution in [3.8, 4) is 0 Å². The first-order valence-corrected chi connectivity index (χ1v) is 9.70. The molecule has 0 saturated heterocycles. The standard InChI is InChI=1S/C16H23N3O4S/c1-4-17-15(20)11(2)18-16(21)14-9-12-7-5-6-8-13(12)10-19(14)24(3,22)23/h5-8,11,14H,4,9-10H2,1-3H3,(H,17,20)(H,18,21)/t11-,14+/m1/s1. The Morgan fingerprint density at radius 2 is 1.92 bits per heavy atom. The SMILES string of the molecule is CCNC(=O)[C@@H](C)NC(=O)[C@@H]1Cc2ccccc2CN1S(C)(=O)=O. The first-order chi connectivity index (χ1) is 11.2. The summed E-state index contributed by atoms with van der Waals surface area (Å²) in [7, 11) is -3.56. The largest absolute Gasteiger partial charge is 0.355 e. The molecule has 0 aromatic heterocycles. The quantitative estimate of drug-likeness (QED) is 0.780. The fourth-order valence-corrected chi connectivity index (χ4v) is 3.78. The van der Waals surface area contributed by atoms with Gasteiger partial charge in [-0.2, -0.15) is 4.31 Å². The average Bonchev–Trinajstić information content (AvgIpc) is 2.52. The molecule has 2 atom stereocenters. The molecule has 1 aromatic rings. The van der Waals surface area contributed by atoms with E-state index < -0.39 is 28.0 Å². The van der Waals surface area contributed by atoms with Crippen LogP contribution < -0.4 is 10.6 Å². The van der Waals surface area contributed by atoms with Gasteiger partial charge in [0, 0.05) is 13.1 Å².